The van der Waals surface area contributed by atoms with Gasteiger partial charge in [-0.05, 0) is 23.1 Å². The number of alkyl halides is 1. The molecule has 1 N–H and O–H groups in total. The molecule has 0 spiro atoms. The Balaban J connectivity index is 2.13. The molecule has 0 aliphatic rings. The van der Waals surface area contributed by atoms with Gasteiger partial charge in [-0.25, -0.2) is 0 Å². The smallest absolute Gasteiger partial charge is 0.0669 e. The number of aliphatic hydroxyl groups is 1. The van der Waals surface area contributed by atoms with E-state index < -0.39 is 0 Å². The molecule has 0 aliphatic heterocycles. The number of halogens is 1. The highest BCUT2D eigenvalue weighted by Crippen LogP contribution is 2.19. The third-order valence-corrected chi connectivity index (χ3v) is 3.73. The minimum absolute atomic E-state index is 0.238. The largest absolute Gasteiger partial charge is 0.392 e. The van der Waals surface area contributed by atoms with Crippen LogP contribution in [-0.4, -0.2) is 15.6 Å². The molecule has 2 rings (SSSR count). The Kier molecular flexibility index (Phi) is 4.57. The van der Waals surface area contributed by atoms with E-state index in [1.807, 2.05) is 18.2 Å². The van der Waals surface area contributed by atoms with Crippen LogP contribution in [0.15, 0.2) is 54.6 Å². The number of rotatable bonds is 4. The molecule has 0 radical (unpaired) electrons. The van der Waals surface area contributed by atoms with Gasteiger partial charge < -0.3 is 5.11 Å². The SMILES string of the molecule is OC(CI)Cc1ccc(-c2ccccc2)cc1. The maximum Gasteiger partial charge on any atom is 0.0669 e. The monoisotopic (exact) mass is 338 g/mol. The lowest BCUT2D eigenvalue weighted by molar-refractivity contribution is 0.203. The summed E-state index contributed by atoms with van der Waals surface area (Å²) in [5, 5.41) is 9.59. The van der Waals surface area contributed by atoms with Crippen LogP contribution in [0.25, 0.3) is 11.1 Å². The van der Waals surface area contributed by atoms with Gasteiger partial charge in [-0.2, -0.15) is 0 Å². The Bertz CT molecular complexity index is 450. The molecule has 0 amide bonds. The molecule has 0 aromatic heterocycles. The third-order valence-electron chi connectivity index (χ3n) is 2.71. The number of aliphatic hydroxyl groups excluding tert-OH is 1. The van der Waals surface area contributed by atoms with E-state index in [9.17, 15) is 5.11 Å². The summed E-state index contributed by atoms with van der Waals surface area (Å²) in [5.74, 6) is 0. The Labute approximate surface area is 116 Å². The molecule has 1 unspecified atom stereocenters. The fourth-order valence-corrected chi connectivity index (χ4v) is 2.10. The first-order valence-electron chi connectivity index (χ1n) is 5.68. The summed E-state index contributed by atoms with van der Waals surface area (Å²) in [7, 11) is 0. The fraction of sp³-hybridized carbons (Fsp3) is 0.200. The average Bonchev–Trinajstić information content (AvgIpc) is 2.40. The molecule has 0 fully saturated rings. The number of hydrogen-bond acceptors (Lipinski definition) is 1. The second kappa shape index (κ2) is 6.17. The topological polar surface area (TPSA) is 20.2 Å². The quantitative estimate of drug-likeness (QED) is 0.666. The van der Waals surface area contributed by atoms with Crippen molar-refractivity contribution in [1.82, 2.24) is 0 Å². The summed E-state index contributed by atoms with van der Waals surface area (Å²) < 4.78 is 0.776. The summed E-state index contributed by atoms with van der Waals surface area (Å²) in [6, 6.07) is 18.7. The summed E-state index contributed by atoms with van der Waals surface area (Å²) in [5.41, 5.74) is 3.64. The van der Waals surface area contributed by atoms with Crippen LogP contribution >= 0.6 is 22.6 Å². The van der Waals surface area contributed by atoms with Crippen LogP contribution in [0.3, 0.4) is 0 Å². The van der Waals surface area contributed by atoms with Crippen LogP contribution < -0.4 is 0 Å². The summed E-state index contributed by atoms with van der Waals surface area (Å²) in [4.78, 5) is 0. The van der Waals surface area contributed by atoms with E-state index in [4.69, 9.17) is 0 Å². The molecule has 2 heteroatoms. The molecule has 1 nitrogen and oxygen atoms in total. The van der Waals surface area contributed by atoms with Crippen molar-refractivity contribution < 1.29 is 5.11 Å². The normalized spacial score (nSPS) is 12.4. The van der Waals surface area contributed by atoms with Crippen molar-refractivity contribution in [1.29, 1.82) is 0 Å². The highest BCUT2D eigenvalue weighted by atomic mass is 127. The zero-order chi connectivity index (χ0) is 12.1. The van der Waals surface area contributed by atoms with Gasteiger partial charge >= 0.3 is 0 Å². The van der Waals surface area contributed by atoms with Gasteiger partial charge in [0.25, 0.3) is 0 Å². The maximum atomic E-state index is 9.59. The maximum absolute atomic E-state index is 9.59. The Morgan fingerprint density at radius 2 is 1.47 bits per heavy atom. The van der Waals surface area contributed by atoms with Crippen molar-refractivity contribution in [2.24, 2.45) is 0 Å². The van der Waals surface area contributed by atoms with Crippen molar-refractivity contribution in [2.75, 3.05) is 4.43 Å². The predicted molar refractivity (Wildman–Crippen MR) is 80.5 cm³/mol. The van der Waals surface area contributed by atoms with Crippen molar-refractivity contribution in [3.63, 3.8) is 0 Å². The number of hydrogen-bond donors (Lipinski definition) is 1. The van der Waals surface area contributed by atoms with Gasteiger partial charge in [-0.3, -0.25) is 0 Å². The van der Waals surface area contributed by atoms with Gasteiger partial charge in [0.1, 0.15) is 0 Å². The molecule has 88 valence electrons. The molecule has 0 heterocycles. The molecular formula is C15H15IO. The van der Waals surface area contributed by atoms with Crippen molar-refractivity contribution in [3.8, 4) is 11.1 Å². The van der Waals surface area contributed by atoms with Crippen LogP contribution in [-0.2, 0) is 6.42 Å². The van der Waals surface area contributed by atoms with Gasteiger partial charge in [-0.1, -0.05) is 77.2 Å². The van der Waals surface area contributed by atoms with Gasteiger partial charge in [0, 0.05) is 4.43 Å². The number of benzene rings is 2. The zero-order valence-electron chi connectivity index (χ0n) is 9.51. The standard InChI is InChI=1S/C15H15IO/c16-11-15(17)10-12-6-8-14(9-7-12)13-4-2-1-3-5-13/h1-9,15,17H,10-11H2. The van der Waals surface area contributed by atoms with E-state index in [0.29, 0.717) is 0 Å². The minimum atomic E-state index is -0.238. The van der Waals surface area contributed by atoms with Gasteiger partial charge in [0.05, 0.1) is 6.10 Å². The Morgan fingerprint density at radius 3 is 2.06 bits per heavy atom. The molecule has 2 aromatic carbocycles. The van der Waals surface area contributed by atoms with Crippen LogP contribution in [0.5, 0.6) is 0 Å². The molecule has 0 saturated heterocycles. The van der Waals surface area contributed by atoms with Crippen molar-refractivity contribution >= 4 is 22.6 Å². The molecule has 0 aliphatic carbocycles. The lowest BCUT2D eigenvalue weighted by Gasteiger charge is -2.08. The average molecular weight is 338 g/mol. The van der Waals surface area contributed by atoms with Crippen molar-refractivity contribution in [2.45, 2.75) is 12.5 Å². The molecule has 1 atom stereocenters. The minimum Gasteiger partial charge on any atom is -0.392 e. The molecular weight excluding hydrogens is 323 g/mol. The van der Waals surface area contributed by atoms with E-state index >= 15 is 0 Å². The van der Waals surface area contributed by atoms with E-state index in [1.165, 1.54) is 16.7 Å². The third kappa shape index (κ3) is 3.54. The summed E-state index contributed by atoms with van der Waals surface area (Å²) >= 11 is 2.21. The molecule has 2 aromatic rings. The predicted octanol–water partition coefficient (Wildman–Crippen LogP) is 3.69. The lowest BCUT2D eigenvalue weighted by atomic mass is 10.0. The van der Waals surface area contributed by atoms with Crippen molar-refractivity contribution in [3.05, 3.63) is 60.2 Å². The van der Waals surface area contributed by atoms with E-state index in [2.05, 4.69) is 59.0 Å². The fourth-order valence-electron chi connectivity index (χ4n) is 1.79. The Hall–Kier alpha value is -0.870. The zero-order valence-corrected chi connectivity index (χ0v) is 11.7. The highest BCUT2D eigenvalue weighted by molar-refractivity contribution is 14.1. The second-order valence-electron chi connectivity index (χ2n) is 4.08. The first kappa shape index (κ1) is 12.6. The first-order valence-corrected chi connectivity index (χ1v) is 7.20. The van der Waals surface area contributed by atoms with Gasteiger partial charge in [0.15, 0.2) is 0 Å². The van der Waals surface area contributed by atoms with Crippen LogP contribution in [0.1, 0.15) is 5.56 Å². The van der Waals surface area contributed by atoms with Crippen LogP contribution in [0, 0.1) is 0 Å². The second-order valence-corrected chi connectivity index (χ2v) is 4.96. The summed E-state index contributed by atoms with van der Waals surface area (Å²) in [6.45, 7) is 0. The van der Waals surface area contributed by atoms with E-state index in [1.54, 1.807) is 0 Å². The van der Waals surface area contributed by atoms with Gasteiger partial charge in [-0.15, -0.1) is 0 Å². The highest BCUT2D eigenvalue weighted by Gasteiger charge is 2.03. The van der Waals surface area contributed by atoms with Gasteiger partial charge in [0.2, 0.25) is 0 Å². The van der Waals surface area contributed by atoms with Crippen LogP contribution in [0.2, 0.25) is 0 Å². The lowest BCUT2D eigenvalue weighted by Crippen LogP contribution is -2.11. The first-order chi connectivity index (χ1) is 8.29. The Morgan fingerprint density at radius 1 is 0.882 bits per heavy atom. The van der Waals surface area contributed by atoms with Crippen LogP contribution in [0.4, 0.5) is 0 Å². The molecule has 0 saturated carbocycles. The van der Waals surface area contributed by atoms with E-state index in [0.717, 1.165) is 10.8 Å². The van der Waals surface area contributed by atoms with E-state index in [-0.39, 0.29) is 6.10 Å². The molecule has 0 bridgehead atoms. The summed E-state index contributed by atoms with van der Waals surface area (Å²) in [6.07, 6.45) is 0.496. The molecule has 17 heavy (non-hydrogen) atoms.